The van der Waals surface area contributed by atoms with Crippen molar-refractivity contribution in [3.8, 4) is 5.75 Å². The fourth-order valence-corrected chi connectivity index (χ4v) is 4.43. The van der Waals surface area contributed by atoms with Crippen LogP contribution in [0.3, 0.4) is 0 Å². The van der Waals surface area contributed by atoms with E-state index < -0.39 is 17.7 Å². The first-order valence-corrected chi connectivity index (χ1v) is 10.3. The van der Waals surface area contributed by atoms with Crippen molar-refractivity contribution in [1.29, 1.82) is 0 Å². The number of hydrogen-bond donors (Lipinski definition) is 1. The maximum atomic E-state index is 12.8. The van der Waals surface area contributed by atoms with Crippen molar-refractivity contribution in [2.24, 2.45) is 0 Å². The van der Waals surface area contributed by atoms with E-state index in [-0.39, 0.29) is 19.1 Å². The molecule has 2 aliphatic heterocycles. The third kappa shape index (κ3) is 3.39. The van der Waals surface area contributed by atoms with Gasteiger partial charge in [-0.15, -0.1) is 0 Å². The van der Waals surface area contributed by atoms with Crippen molar-refractivity contribution in [1.82, 2.24) is 0 Å². The van der Waals surface area contributed by atoms with E-state index in [4.69, 9.17) is 14.2 Å². The van der Waals surface area contributed by atoms with E-state index in [2.05, 4.69) is 15.9 Å². The summed E-state index contributed by atoms with van der Waals surface area (Å²) in [4.78, 5) is 12.8. The third-order valence-corrected chi connectivity index (χ3v) is 5.97. The summed E-state index contributed by atoms with van der Waals surface area (Å²) >= 11 is 3.64. The van der Waals surface area contributed by atoms with Crippen molar-refractivity contribution in [2.45, 2.75) is 51.3 Å². The van der Waals surface area contributed by atoms with Gasteiger partial charge < -0.3 is 19.3 Å². The summed E-state index contributed by atoms with van der Waals surface area (Å²) in [5.74, 6) is -1.07. The minimum Gasteiger partial charge on any atom is -0.494 e. The van der Waals surface area contributed by atoms with Crippen LogP contribution in [0, 0.1) is 0 Å². The molecule has 3 atom stereocenters. The predicted octanol–water partition coefficient (Wildman–Crippen LogP) is 3.86. The monoisotopic (exact) mass is 446 g/mol. The highest BCUT2D eigenvalue weighted by Crippen LogP contribution is 2.45. The molecule has 0 amide bonds. The molecule has 0 bridgehead atoms. The summed E-state index contributed by atoms with van der Waals surface area (Å²) in [7, 11) is 0. The van der Waals surface area contributed by atoms with E-state index in [1.807, 2.05) is 50.2 Å². The first kappa shape index (κ1) is 19.6. The molecule has 1 fully saturated rings. The molecule has 2 aromatic carbocycles. The van der Waals surface area contributed by atoms with Gasteiger partial charge in [0.15, 0.2) is 0 Å². The van der Waals surface area contributed by atoms with Crippen LogP contribution in [-0.4, -0.2) is 29.7 Å². The van der Waals surface area contributed by atoms with Gasteiger partial charge in [-0.3, -0.25) is 4.79 Å². The van der Waals surface area contributed by atoms with Gasteiger partial charge in [-0.25, -0.2) is 0 Å². The van der Waals surface area contributed by atoms with Crippen molar-refractivity contribution in [3.05, 3.63) is 63.1 Å². The molecule has 0 aliphatic carbocycles. The Balaban J connectivity index is 1.67. The number of aliphatic hydroxyl groups is 1. The van der Waals surface area contributed by atoms with E-state index in [0.29, 0.717) is 18.6 Å². The van der Waals surface area contributed by atoms with Crippen LogP contribution in [0.5, 0.6) is 5.75 Å². The van der Waals surface area contributed by atoms with Crippen LogP contribution in [0.1, 0.15) is 42.5 Å². The SMILES string of the molecule is CCOc1ccc(Cc2cc3c(cc2Br)CO[C@]32O[C@H](C)C[C@H](O)C2=O)cc1. The molecule has 6 heteroatoms. The van der Waals surface area contributed by atoms with Crippen LogP contribution in [0.4, 0.5) is 0 Å². The highest BCUT2D eigenvalue weighted by Gasteiger charge is 2.54. The number of ketones is 1. The number of Topliss-reactive ketones (excluding diaryl/α,β-unsaturated/α-hetero) is 1. The Morgan fingerprint density at radius 2 is 2.04 bits per heavy atom. The lowest BCUT2D eigenvalue weighted by Gasteiger charge is -2.37. The Kier molecular flexibility index (Phi) is 5.31. The second-order valence-electron chi connectivity index (χ2n) is 7.30. The number of ether oxygens (including phenoxy) is 3. The van der Waals surface area contributed by atoms with Crippen LogP contribution in [0.2, 0.25) is 0 Å². The molecule has 28 heavy (non-hydrogen) atoms. The lowest BCUT2D eigenvalue weighted by atomic mass is 9.89. The first-order valence-electron chi connectivity index (χ1n) is 9.50. The number of carbonyl (C=O) groups is 1. The molecule has 1 N–H and O–H groups in total. The van der Waals surface area contributed by atoms with E-state index in [9.17, 15) is 9.90 Å². The highest BCUT2D eigenvalue weighted by atomic mass is 79.9. The maximum absolute atomic E-state index is 12.8. The third-order valence-electron chi connectivity index (χ3n) is 5.24. The number of hydrogen-bond acceptors (Lipinski definition) is 5. The lowest BCUT2D eigenvalue weighted by Crippen LogP contribution is -2.52. The molecule has 2 heterocycles. The molecule has 1 spiro atoms. The fraction of sp³-hybridized carbons (Fsp3) is 0.409. The van der Waals surface area contributed by atoms with Gasteiger partial charge in [-0.1, -0.05) is 28.1 Å². The second-order valence-corrected chi connectivity index (χ2v) is 8.16. The molecule has 0 unspecified atom stereocenters. The number of rotatable bonds is 4. The van der Waals surface area contributed by atoms with Gasteiger partial charge in [-0.2, -0.15) is 0 Å². The van der Waals surface area contributed by atoms with Crippen LogP contribution >= 0.6 is 15.9 Å². The molecule has 4 rings (SSSR count). The number of fused-ring (bicyclic) bond motifs is 2. The number of carbonyl (C=O) groups excluding carboxylic acids is 1. The quantitative estimate of drug-likeness (QED) is 0.772. The summed E-state index contributed by atoms with van der Waals surface area (Å²) in [5, 5.41) is 10.2. The smallest absolute Gasteiger partial charge is 0.260 e. The average Bonchev–Trinajstić information content (AvgIpc) is 3.00. The largest absolute Gasteiger partial charge is 0.494 e. The average molecular weight is 447 g/mol. The van der Waals surface area contributed by atoms with Crippen LogP contribution in [0.25, 0.3) is 0 Å². The summed E-state index contributed by atoms with van der Waals surface area (Å²) in [5.41, 5.74) is 3.75. The van der Waals surface area contributed by atoms with Gasteiger partial charge in [0.25, 0.3) is 5.79 Å². The molecule has 2 aliphatic rings. The molecule has 0 aromatic heterocycles. The van der Waals surface area contributed by atoms with Gasteiger partial charge in [0.05, 0.1) is 19.3 Å². The standard InChI is InChI=1S/C22H23BrO5/c1-3-26-17-6-4-14(5-7-17)9-15-10-18-16(11-19(15)23)12-27-22(18)21(25)20(24)8-13(2)28-22/h4-7,10-11,13,20,24H,3,8-9,12H2,1-2H3/t13-,20+,22+/m1/s1. The lowest BCUT2D eigenvalue weighted by molar-refractivity contribution is -0.267. The van der Waals surface area contributed by atoms with Gasteiger partial charge in [0.2, 0.25) is 5.78 Å². The fourth-order valence-electron chi connectivity index (χ4n) is 3.90. The Morgan fingerprint density at radius 3 is 2.75 bits per heavy atom. The van der Waals surface area contributed by atoms with Crippen molar-refractivity contribution < 1.29 is 24.1 Å². The van der Waals surface area contributed by atoms with Crippen LogP contribution in [-0.2, 0) is 33.1 Å². The van der Waals surface area contributed by atoms with Gasteiger partial charge in [-0.05, 0) is 61.2 Å². The summed E-state index contributed by atoms with van der Waals surface area (Å²) in [6.07, 6.45) is -0.373. The zero-order chi connectivity index (χ0) is 19.9. The predicted molar refractivity (Wildman–Crippen MR) is 107 cm³/mol. The first-order chi connectivity index (χ1) is 13.4. The molecule has 2 aromatic rings. The Bertz CT molecular complexity index is 895. The summed E-state index contributed by atoms with van der Waals surface area (Å²) < 4.78 is 18.3. The van der Waals surface area contributed by atoms with Gasteiger partial charge in [0, 0.05) is 16.5 Å². The molecule has 1 saturated heterocycles. The zero-order valence-corrected chi connectivity index (χ0v) is 17.5. The van der Waals surface area contributed by atoms with E-state index in [0.717, 1.165) is 26.9 Å². The van der Waals surface area contributed by atoms with Crippen molar-refractivity contribution in [3.63, 3.8) is 0 Å². The minimum atomic E-state index is -1.50. The maximum Gasteiger partial charge on any atom is 0.260 e. The molecule has 0 saturated carbocycles. The molecule has 148 valence electrons. The van der Waals surface area contributed by atoms with Crippen LogP contribution in [0.15, 0.2) is 40.9 Å². The summed E-state index contributed by atoms with van der Waals surface area (Å²) in [6, 6.07) is 11.9. The topological polar surface area (TPSA) is 65.0 Å². The van der Waals surface area contributed by atoms with E-state index in [1.54, 1.807) is 0 Å². The molecule has 5 nitrogen and oxygen atoms in total. The van der Waals surface area contributed by atoms with Crippen molar-refractivity contribution >= 4 is 21.7 Å². The van der Waals surface area contributed by atoms with E-state index in [1.165, 1.54) is 0 Å². The molecular weight excluding hydrogens is 424 g/mol. The Hall–Kier alpha value is -1.73. The normalized spacial score (nSPS) is 26.5. The second kappa shape index (κ2) is 7.59. The minimum absolute atomic E-state index is 0.267. The van der Waals surface area contributed by atoms with Crippen LogP contribution < -0.4 is 4.74 Å². The highest BCUT2D eigenvalue weighted by molar-refractivity contribution is 9.10. The zero-order valence-electron chi connectivity index (χ0n) is 15.9. The Morgan fingerprint density at radius 1 is 1.29 bits per heavy atom. The van der Waals surface area contributed by atoms with Crippen molar-refractivity contribution in [2.75, 3.05) is 6.61 Å². The molecular formula is C22H23BrO5. The summed E-state index contributed by atoms with van der Waals surface area (Å²) in [6.45, 7) is 4.72. The number of benzene rings is 2. The van der Waals surface area contributed by atoms with E-state index >= 15 is 0 Å². The van der Waals surface area contributed by atoms with Gasteiger partial charge >= 0.3 is 0 Å². The van der Waals surface area contributed by atoms with Gasteiger partial charge in [0.1, 0.15) is 11.9 Å². The number of aliphatic hydroxyl groups excluding tert-OH is 1. The molecule has 0 radical (unpaired) electrons. The Labute approximate surface area is 172 Å². The number of halogens is 1.